The van der Waals surface area contributed by atoms with Gasteiger partial charge in [-0.15, -0.1) is 0 Å². The van der Waals surface area contributed by atoms with Gasteiger partial charge in [-0.3, -0.25) is 9.59 Å². The lowest BCUT2D eigenvalue weighted by Crippen LogP contribution is -2.27. The van der Waals surface area contributed by atoms with Crippen molar-refractivity contribution in [3.63, 3.8) is 0 Å². The van der Waals surface area contributed by atoms with Crippen LogP contribution in [-0.4, -0.2) is 17.9 Å². The zero-order valence-corrected chi connectivity index (χ0v) is 12.2. The number of ether oxygens (including phenoxy) is 1. The maximum atomic E-state index is 11.7. The molecule has 0 unspecified atom stereocenters. The third-order valence-corrected chi connectivity index (χ3v) is 3.05. The van der Waals surface area contributed by atoms with E-state index in [4.69, 9.17) is 4.74 Å². The summed E-state index contributed by atoms with van der Waals surface area (Å²) in [5, 5.41) is 0. The molecule has 0 spiro atoms. The van der Waals surface area contributed by atoms with E-state index in [0.29, 0.717) is 19.3 Å². The normalized spacial score (nSPS) is 11.3. The molecule has 3 nitrogen and oxygen atoms in total. The quantitative estimate of drug-likeness (QED) is 0.391. The van der Waals surface area contributed by atoms with Crippen LogP contribution in [0.5, 0.6) is 0 Å². The van der Waals surface area contributed by atoms with Crippen LogP contribution in [0.4, 0.5) is 0 Å². The number of Topliss-reactive ketones (excluding diaryl/α,β-unsaturated/α-hetero) is 1. The van der Waals surface area contributed by atoms with Crippen molar-refractivity contribution < 1.29 is 14.3 Å². The summed E-state index contributed by atoms with van der Waals surface area (Å²) in [5.41, 5.74) is -0.653. The third kappa shape index (κ3) is 10.3. The third-order valence-electron chi connectivity index (χ3n) is 3.05. The van der Waals surface area contributed by atoms with Crippen LogP contribution in [0.3, 0.4) is 0 Å². The summed E-state index contributed by atoms with van der Waals surface area (Å²) in [7, 11) is 0. The highest BCUT2D eigenvalue weighted by Gasteiger charge is 2.22. The number of carbonyl (C=O) groups excluding carboxylic acids is 2. The highest BCUT2D eigenvalue weighted by molar-refractivity contribution is 5.79. The molecule has 0 aliphatic heterocycles. The van der Waals surface area contributed by atoms with Crippen LogP contribution in [0.2, 0.25) is 0 Å². The number of rotatable bonds is 12. The number of carbonyl (C=O) groups is 2. The first-order chi connectivity index (χ1) is 8.52. The molecule has 106 valence electrons. The molecule has 0 bridgehead atoms. The van der Waals surface area contributed by atoms with E-state index in [0.717, 1.165) is 12.8 Å². The molecule has 0 aromatic rings. The summed E-state index contributed by atoms with van der Waals surface area (Å²) in [5.74, 6) is 0.190. The van der Waals surface area contributed by atoms with Crippen LogP contribution in [0.25, 0.3) is 0 Å². The van der Waals surface area contributed by atoms with Crippen molar-refractivity contribution in [2.45, 2.75) is 84.2 Å². The Morgan fingerprint density at radius 3 is 2.17 bits per heavy atom. The summed E-state index contributed by atoms with van der Waals surface area (Å²) < 4.78 is 4.87. The molecule has 0 aliphatic carbocycles. The van der Waals surface area contributed by atoms with Gasteiger partial charge in [0.2, 0.25) is 0 Å². The number of hydrogen-bond donors (Lipinski definition) is 0. The molecule has 0 radical (unpaired) electrons. The molecular formula is C15H28O3. The maximum Gasteiger partial charge on any atom is 0.293 e. The van der Waals surface area contributed by atoms with Gasteiger partial charge in [-0.1, -0.05) is 45.4 Å². The summed E-state index contributed by atoms with van der Waals surface area (Å²) >= 11 is 0. The van der Waals surface area contributed by atoms with Gasteiger partial charge < -0.3 is 4.74 Å². The van der Waals surface area contributed by atoms with Crippen LogP contribution in [-0.2, 0) is 14.3 Å². The summed E-state index contributed by atoms with van der Waals surface area (Å²) in [6, 6.07) is 0. The van der Waals surface area contributed by atoms with Gasteiger partial charge in [0.05, 0.1) is 0 Å². The molecule has 0 atom stereocenters. The van der Waals surface area contributed by atoms with Crippen molar-refractivity contribution in [1.82, 2.24) is 0 Å². The Labute approximate surface area is 111 Å². The lowest BCUT2D eigenvalue weighted by Gasteiger charge is -2.21. The van der Waals surface area contributed by atoms with E-state index in [1.54, 1.807) is 13.8 Å². The predicted molar refractivity (Wildman–Crippen MR) is 73.5 cm³/mol. The summed E-state index contributed by atoms with van der Waals surface area (Å²) in [4.78, 5) is 21.9. The van der Waals surface area contributed by atoms with Crippen molar-refractivity contribution in [2.24, 2.45) is 0 Å². The molecule has 18 heavy (non-hydrogen) atoms. The molecule has 0 aromatic carbocycles. The van der Waals surface area contributed by atoms with Crippen LogP contribution in [0.15, 0.2) is 0 Å². The summed E-state index contributed by atoms with van der Waals surface area (Å²) in [6.07, 6.45) is 9.42. The van der Waals surface area contributed by atoms with E-state index >= 15 is 0 Å². The van der Waals surface area contributed by atoms with Crippen molar-refractivity contribution in [3.8, 4) is 0 Å². The average Bonchev–Trinajstić information content (AvgIpc) is 2.27. The fourth-order valence-corrected chi connectivity index (χ4v) is 2.01. The highest BCUT2D eigenvalue weighted by Crippen LogP contribution is 2.16. The van der Waals surface area contributed by atoms with Crippen LogP contribution in [0.1, 0.15) is 78.6 Å². The molecule has 0 saturated carbocycles. The molecule has 0 aliphatic rings. The number of hydrogen-bond acceptors (Lipinski definition) is 3. The van der Waals surface area contributed by atoms with Crippen LogP contribution < -0.4 is 0 Å². The fourth-order valence-electron chi connectivity index (χ4n) is 2.01. The molecule has 0 rings (SSSR count). The molecule has 0 amide bonds. The lowest BCUT2D eigenvalue weighted by atomic mass is 9.98. The standard InChI is InChI=1S/C15H28O3/c1-4-5-6-7-8-9-10-11-14(17)12-15(2,3)18-13-16/h13H,4-12H2,1-3H3. The van der Waals surface area contributed by atoms with Gasteiger partial charge in [-0.25, -0.2) is 0 Å². The molecule has 0 fully saturated rings. The van der Waals surface area contributed by atoms with Gasteiger partial charge in [0.15, 0.2) is 0 Å². The second-order valence-electron chi connectivity index (χ2n) is 5.56. The SMILES string of the molecule is CCCCCCCCCC(=O)CC(C)(C)OC=O. The first kappa shape index (κ1) is 17.1. The predicted octanol–water partition coefficient (Wildman–Crippen LogP) is 4.04. The zero-order chi connectivity index (χ0) is 13.9. The van der Waals surface area contributed by atoms with E-state index < -0.39 is 5.60 Å². The highest BCUT2D eigenvalue weighted by atomic mass is 16.5. The van der Waals surface area contributed by atoms with Gasteiger partial charge in [0.25, 0.3) is 6.47 Å². The van der Waals surface area contributed by atoms with E-state index in [1.165, 1.54) is 32.1 Å². The Hall–Kier alpha value is -0.860. The zero-order valence-electron chi connectivity index (χ0n) is 12.2. The minimum absolute atomic E-state index is 0.190. The van der Waals surface area contributed by atoms with Gasteiger partial charge >= 0.3 is 0 Å². The first-order valence-electron chi connectivity index (χ1n) is 7.15. The molecular weight excluding hydrogens is 228 g/mol. The van der Waals surface area contributed by atoms with E-state index in [1.807, 2.05) is 0 Å². The van der Waals surface area contributed by atoms with Crippen LogP contribution in [0, 0.1) is 0 Å². The smallest absolute Gasteiger partial charge is 0.293 e. The second-order valence-corrected chi connectivity index (χ2v) is 5.56. The maximum absolute atomic E-state index is 11.7. The minimum Gasteiger partial charge on any atom is -0.461 e. The van der Waals surface area contributed by atoms with Crippen molar-refractivity contribution >= 4 is 12.3 Å². The van der Waals surface area contributed by atoms with Gasteiger partial charge in [-0.05, 0) is 20.3 Å². The summed E-state index contributed by atoms with van der Waals surface area (Å²) in [6.45, 7) is 6.16. The fraction of sp³-hybridized carbons (Fsp3) is 0.867. The van der Waals surface area contributed by atoms with Gasteiger partial charge in [0.1, 0.15) is 11.4 Å². The van der Waals surface area contributed by atoms with E-state index in [2.05, 4.69) is 6.92 Å². The molecule has 0 aromatic heterocycles. The Morgan fingerprint density at radius 2 is 1.61 bits per heavy atom. The Kier molecular flexibility index (Phi) is 9.62. The monoisotopic (exact) mass is 256 g/mol. The number of unbranched alkanes of at least 4 members (excludes halogenated alkanes) is 6. The molecule has 3 heteroatoms. The minimum atomic E-state index is -0.653. The Morgan fingerprint density at radius 1 is 1.06 bits per heavy atom. The largest absolute Gasteiger partial charge is 0.461 e. The topological polar surface area (TPSA) is 43.4 Å². The second kappa shape index (κ2) is 10.1. The molecule has 0 heterocycles. The molecule has 0 saturated heterocycles. The first-order valence-corrected chi connectivity index (χ1v) is 7.15. The number of ketones is 1. The van der Waals surface area contributed by atoms with E-state index in [9.17, 15) is 9.59 Å². The van der Waals surface area contributed by atoms with Crippen molar-refractivity contribution in [2.75, 3.05) is 0 Å². The average molecular weight is 256 g/mol. The van der Waals surface area contributed by atoms with E-state index in [-0.39, 0.29) is 5.78 Å². The lowest BCUT2D eigenvalue weighted by molar-refractivity contribution is -0.143. The van der Waals surface area contributed by atoms with Gasteiger partial charge in [-0.2, -0.15) is 0 Å². The Balaban J connectivity index is 3.50. The van der Waals surface area contributed by atoms with Crippen LogP contribution >= 0.6 is 0 Å². The molecule has 0 N–H and O–H groups in total. The van der Waals surface area contributed by atoms with Gasteiger partial charge in [0, 0.05) is 12.8 Å². The van der Waals surface area contributed by atoms with Crippen molar-refractivity contribution in [3.05, 3.63) is 0 Å². The van der Waals surface area contributed by atoms with Crippen molar-refractivity contribution in [1.29, 1.82) is 0 Å². The Bertz CT molecular complexity index is 234.